The van der Waals surface area contributed by atoms with Gasteiger partial charge in [0.25, 0.3) is 0 Å². The molecule has 1 atom stereocenters. The van der Waals surface area contributed by atoms with Crippen LogP contribution in [0.1, 0.15) is 33.1 Å². The number of hydrogen-bond acceptors (Lipinski definition) is 4. The number of halogens is 1. The maximum Gasteiger partial charge on any atom is 0.240 e. The quantitative estimate of drug-likeness (QED) is 0.831. The minimum atomic E-state index is -0.403. The van der Waals surface area contributed by atoms with Crippen molar-refractivity contribution in [3.63, 3.8) is 0 Å². The van der Waals surface area contributed by atoms with E-state index in [1.165, 1.54) is 12.1 Å². The fourth-order valence-corrected chi connectivity index (χ4v) is 4.64. The van der Waals surface area contributed by atoms with Crippen molar-refractivity contribution >= 4 is 11.6 Å². The molecule has 0 bridgehead atoms. The van der Waals surface area contributed by atoms with Crippen molar-refractivity contribution in [1.82, 2.24) is 15.5 Å². The molecular formula is C21H31FN4O. The Bertz CT molecular complexity index is 682. The lowest BCUT2D eigenvalue weighted by Gasteiger charge is -2.42. The average Bonchev–Trinajstić information content (AvgIpc) is 3.12. The predicted octanol–water partition coefficient (Wildman–Crippen LogP) is 1.98. The van der Waals surface area contributed by atoms with E-state index in [1.54, 1.807) is 0 Å². The summed E-state index contributed by atoms with van der Waals surface area (Å²) < 4.78 is 13.2. The molecule has 148 valence electrons. The van der Waals surface area contributed by atoms with Crippen LogP contribution in [-0.4, -0.2) is 61.7 Å². The van der Waals surface area contributed by atoms with Crippen LogP contribution in [-0.2, 0) is 4.79 Å². The van der Waals surface area contributed by atoms with E-state index in [-0.39, 0.29) is 17.1 Å². The van der Waals surface area contributed by atoms with Crippen LogP contribution in [0.15, 0.2) is 24.3 Å². The summed E-state index contributed by atoms with van der Waals surface area (Å²) in [6.07, 6.45) is 2.85. The monoisotopic (exact) mass is 374 g/mol. The molecule has 4 rings (SSSR count). The number of piperidine rings is 1. The van der Waals surface area contributed by atoms with E-state index in [9.17, 15) is 9.18 Å². The molecule has 3 saturated heterocycles. The summed E-state index contributed by atoms with van der Waals surface area (Å²) in [7, 11) is 0. The fourth-order valence-electron chi connectivity index (χ4n) is 4.64. The van der Waals surface area contributed by atoms with Crippen LogP contribution >= 0.6 is 0 Å². The Balaban J connectivity index is 1.35. The third kappa shape index (κ3) is 3.83. The Hall–Kier alpha value is -1.66. The lowest BCUT2D eigenvalue weighted by Crippen LogP contribution is -2.61. The van der Waals surface area contributed by atoms with Gasteiger partial charge in [-0.15, -0.1) is 0 Å². The van der Waals surface area contributed by atoms with Crippen molar-refractivity contribution < 1.29 is 9.18 Å². The molecule has 3 aliphatic rings. The van der Waals surface area contributed by atoms with Gasteiger partial charge >= 0.3 is 0 Å². The first kappa shape index (κ1) is 18.7. The minimum absolute atomic E-state index is 0.0946. The third-order valence-electron chi connectivity index (χ3n) is 6.59. The van der Waals surface area contributed by atoms with Gasteiger partial charge in [-0.3, -0.25) is 9.69 Å². The number of carbonyl (C=O) groups excluding carboxylic acids is 1. The van der Waals surface area contributed by atoms with Gasteiger partial charge < -0.3 is 15.5 Å². The summed E-state index contributed by atoms with van der Waals surface area (Å²) in [5.74, 6) is -0.0136. The second-order valence-electron chi connectivity index (χ2n) is 9.18. The van der Waals surface area contributed by atoms with E-state index < -0.39 is 5.54 Å². The Morgan fingerprint density at radius 1 is 1.07 bits per heavy atom. The van der Waals surface area contributed by atoms with Gasteiger partial charge in [-0.05, 0) is 48.9 Å². The number of hydrogen-bond donors (Lipinski definition) is 2. The van der Waals surface area contributed by atoms with Crippen molar-refractivity contribution in [2.45, 2.75) is 44.7 Å². The Morgan fingerprint density at radius 3 is 2.48 bits per heavy atom. The second-order valence-corrected chi connectivity index (χ2v) is 9.18. The third-order valence-corrected chi connectivity index (χ3v) is 6.59. The van der Waals surface area contributed by atoms with Gasteiger partial charge in [-0.25, -0.2) is 4.39 Å². The van der Waals surface area contributed by atoms with E-state index in [0.29, 0.717) is 6.04 Å². The zero-order valence-electron chi connectivity index (χ0n) is 16.4. The SMILES string of the molecule is CC1(C)CNC(=O)C2(CCN(C3CCN(c4ccc(F)cc4)C3)CC2)NC1. The molecular weight excluding hydrogens is 343 g/mol. The van der Waals surface area contributed by atoms with Crippen molar-refractivity contribution in [2.75, 3.05) is 44.2 Å². The molecule has 2 N–H and O–H groups in total. The van der Waals surface area contributed by atoms with Crippen LogP contribution in [0, 0.1) is 11.2 Å². The van der Waals surface area contributed by atoms with Gasteiger partial charge in [0, 0.05) is 51.0 Å². The molecule has 6 heteroatoms. The van der Waals surface area contributed by atoms with Crippen LogP contribution in [0.4, 0.5) is 10.1 Å². The molecule has 3 heterocycles. The lowest BCUT2D eigenvalue weighted by atomic mass is 9.85. The van der Waals surface area contributed by atoms with Crippen molar-refractivity contribution in [3.8, 4) is 0 Å². The highest BCUT2D eigenvalue weighted by atomic mass is 19.1. The van der Waals surface area contributed by atoms with E-state index in [1.807, 2.05) is 12.1 Å². The van der Waals surface area contributed by atoms with Gasteiger partial charge in [0.15, 0.2) is 0 Å². The molecule has 0 aliphatic carbocycles. The molecule has 1 aromatic rings. The zero-order valence-corrected chi connectivity index (χ0v) is 16.4. The van der Waals surface area contributed by atoms with Crippen LogP contribution in [0.5, 0.6) is 0 Å². The lowest BCUT2D eigenvalue weighted by molar-refractivity contribution is -0.129. The van der Waals surface area contributed by atoms with Crippen LogP contribution in [0.3, 0.4) is 0 Å². The Kier molecular flexibility index (Phi) is 4.89. The number of anilines is 1. The number of likely N-dealkylation sites (tertiary alicyclic amines) is 1. The smallest absolute Gasteiger partial charge is 0.240 e. The van der Waals surface area contributed by atoms with Gasteiger partial charge in [-0.2, -0.15) is 0 Å². The van der Waals surface area contributed by atoms with Crippen LogP contribution in [0.25, 0.3) is 0 Å². The molecule has 1 spiro atoms. The van der Waals surface area contributed by atoms with Crippen molar-refractivity contribution in [1.29, 1.82) is 0 Å². The van der Waals surface area contributed by atoms with E-state index in [2.05, 4.69) is 34.3 Å². The average molecular weight is 375 g/mol. The van der Waals surface area contributed by atoms with E-state index in [4.69, 9.17) is 0 Å². The molecule has 1 amide bonds. The predicted molar refractivity (Wildman–Crippen MR) is 105 cm³/mol. The maximum atomic E-state index is 13.2. The molecule has 5 nitrogen and oxygen atoms in total. The molecule has 1 aromatic carbocycles. The summed E-state index contributed by atoms with van der Waals surface area (Å²) in [5, 5.41) is 6.76. The first-order valence-electron chi connectivity index (χ1n) is 10.1. The van der Waals surface area contributed by atoms with Gasteiger partial charge in [0.05, 0.1) is 0 Å². The molecule has 0 aromatic heterocycles. The summed E-state index contributed by atoms with van der Waals surface area (Å²) in [4.78, 5) is 17.6. The normalized spacial score (nSPS) is 28.2. The molecule has 1 unspecified atom stereocenters. The van der Waals surface area contributed by atoms with Crippen molar-refractivity contribution in [2.24, 2.45) is 5.41 Å². The van der Waals surface area contributed by atoms with Gasteiger partial charge in [-0.1, -0.05) is 13.8 Å². The number of benzene rings is 1. The molecule has 3 aliphatic heterocycles. The van der Waals surface area contributed by atoms with E-state index >= 15 is 0 Å². The number of nitrogens with zero attached hydrogens (tertiary/aromatic N) is 2. The molecule has 0 saturated carbocycles. The highest BCUT2D eigenvalue weighted by molar-refractivity contribution is 5.86. The molecule has 3 fully saturated rings. The number of carbonyl (C=O) groups is 1. The molecule has 0 radical (unpaired) electrons. The minimum Gasteiger partial charge on any atom is -0.370 e. The van der Waals surface area contributed by atoms with Crippen molar-refractivity contribution in [3.05, 3.63) is 30.1 Å². The topological polar surface area (TPSA) is 47.6 Å². The fraction of sp³-hybridized carbons (Fsp3) is 0.667. The first-order valence-corrected chi connectivity index (χ1v) is 10.1. The van der Waals surface area contributed by atoms with Gasteiger partial charge in [0.2, 0.25) is 5.91 Å². The summed E-state index contributed by atoms with van der Waals surface area (Å²) in [6.45, 7) is 9.86. The maximum absolute atomic E-state index is 13.2. The first-order chi connectivity index (χ1) is 12.9. The van der Waals surface area contributed by atoms with Gasteiger partial charge in [0.1, 0.15) is 11.4 Å². The standard InChI is InChI=1S/C21H31FN4O/c1-20(2)14-23-19(27)21(24-15-20)8-11-25(12-9-21)18-7-10-26(13-18)17-5-3-16(22)4-6-17/h3-6,18,24H,7-15H2,1-2H3,(H,23,27). The number of amides is 1. The van der Waals surface area contributed by atoms with E-state index in [0.717, 1.165) is 64.2 Å². The summed E-state index contributed by atoms with van der Waals surface area (Å²) in [5.41, 5.74) is 0.788. The Morgan fingerprint density at radius 2 is 1.78 bits per heavy atom. The zero-order chi connectivity index (χ0) is 19.1. The Labute approximate surface area is 161 Å². The van der Waals surface area contributed by atoms with Crippen LogP contribution < -0.4 is 15.5 Å². The second kappa shape index (κ2) is 7.06. The number of rotatable bonds is 2. The summed E-state index contributed by atoms with van der Waals surface area (Å²) in [6, 6.07) is 7.31. The highest BCUT2D eigenvalue weighted by Gasteiger charge is 2.45. The largest absolute Gasteiger partial charge is 0.370 e. The highest BCUT2D eigenvalue weighted by Crippen LogP contribution is 2.31. The number of nitrogens with one attached hydrogen (secondary N) is 2. The molecule has 27 heavy (non-hydrogen) atoms. The summed E-state index contributed by atoms with van der Waals surface area (Å²) >= 11 is 0. The van der Waals surface area contributed by atoms with Crippen LogP contribution in [0.2, 0.25) is 0 Å².